The third kappa shape index (κ3) is 6.73. The number of amides is 2. The van der Waals surface area contributed by atoms with Gasteiger partial charge in [-0.05, 0) is 11.5 Å². The Kier molecular flexibility index (Phi) is 9.35. The molecule has 1 atom stereocenters. The van der Waals surface area contributed by atoms with Crippen LogP contribution in [0.2, 0.25) is 0 Å². The molecule has 1 aliphatic rings. The van der Waals surface area contributed by atoms with Gasteiger partial charge < -0.3 is 16.0 Å². The lowest BCUT2D eigenvalue weighted by Gasteiger charge is -2.34. The second kappa shape index (κ2) is 10.8. The molecule has 8 nitrogen and oxygen atoms in total. The highest BCUT2D eigenvalue weighted by atomic mass is 35.5. The van der Waals surface area contributed by atoms with Crippen LogP contribution in [-0.2, 0) is 25.4 Å². The van der Waals surface area contributed by atoms with Gasteiger partial charge in [0.15, 0.2) is 0 Å². The molecule has 0 aliphatic carbocycles. The summed E-state index contributed by atoms with van der Waals surface area (Å²) in [5.74, 6) is -0.661. The van der Waals surface area contributed by atoms with Crippen LogP contribution >= 0.6 is 12.4 Å². The molecule has 1 aliphatic heterocycles. The van der Waals surface area contributed by atoms with Crippen molar-refractivity contribution in [3.05, 3.63) is 35.9 Å². The molecular weight excluding hydrogens is 404 g/mol. The third-order valence-corrected chi connectivity index (χ3v) is 6.46. The minimum atomic E-state index is -3.42. The molecule has 0 bridgehead atoms. The van der Waals surface area contributed by atoms with Gasteiger partial charge in [-0.3, -0.25) is 9.59 Å². The van der Waals surface area contributed by atoms with Crippen molar-refractivity contribution in [2.75, 3.05) is 32.7 Å². The van der Waals surface area contributed by atoms with Gasteiger partial charge in [-0.2, -0.15) is 4.31 Å². The molecule has 1 aromatic rings. The highest BCUT2D eigenvalue weighted by Gasteiger charge is 2.29. The van der Waals surface area contributed by atoms with E-state index in [0.29, 0.717) is 13.1 Å². The van der Waals surface area contributed by atoms with E-state index in [1.165, 1.54) is 4.31 Å². The number of nitrogens with two attached hydrogens (primary N) is 1. The molecule has 1 aromatic carbocycles. The first-order valence-electron chi connectivity index (χ1n) is 9.03. The quantitative estimate of drug-likeness (QED) is 0.638. The number of rotatable bonds is 7. The number of piperazine rings is 1. The lowest BCUT2D eigenvalue weighted by atomic mass is 10.1. The second-order valence-corrected chi connectivity index (χ2v) is 8.98. The first-order valence-corrected chi connectivity index (χ1v) is 10.6. The van der Waals surface area contributed by atoms with Gasteiger partial charge in [0.1, 0.15) is 0 Å². The number of carbonyl (C=O) groups excluding carboxylic acids is 2. The molecule has 1 heterocycles. The molecule has 1 saturated heterocycles. The number of sulfonamides is 1. The molecule has 0 unspecified atom stereocenters. The molecule has 2 rings (SSSR count). The van der Waals surface area contributed by atoms with E-state index in [4.69, 9.17) is 5.73 Å². The Bertz CT molecular complexity index is 750. The lowest BCUT2D eigenvalue weighted by molar-refractivity contribution is -0.134. The number of benzene rings is 1. The topological polar surface area (TPSA) is 113 Å². The van der Waals surface area contributed by atoms with Crippen LogP contribution in [0.3, 0.4) is 0 Å². The van der Waals surface area contributed by atoms with Crippen LogP contribution < -0.4 is 11.1 Å². The van der Waals surface area contributed by atoms with Crippen molar-refractivity contribution in [2.45, 2.75) is 25.6 Å². The summed E-state index contributed by atoms with van der Waals surface area (Å²) in [5, 5.41) is 2.55. The fourth-order valence-corrected chi connectivity index (χ4v) is 4.30. The number of carbonyl (C=O) groups is 2. The van der Waals surface area contributed by atoms with Gasteiger partial charge in [-0.1, -0.05) is 44.2 Å². The van der Waals surface area contributed by atoms with Crippen molar-refractivity contribution in [1.82, 2.24) is 14.5 Å². The predicted octanol–water partition coefficient (Wildman–Crippen LogP) is 0.182. The SMILES string of the molecule is CC(C)[C@H](N)C(=O)NCC(=O)N1CCN(S(=O)(=O)Cc2ccccc2)CC1.Cl. The minimum absolute atomic E-state index is 0. The largest absolute Gasteiger partial charge is 0.346 e. The van der Waals surface area contributed by atoms with E-state index < -0.39 is 16.1 Å². The molecule has 28 heavy (non-hydrogen) atoms. The van der Waals surface area contributed by atoms with Crippen molar-refractivity contribution in [1.29, 1.82) is 0 Å². The molecule has 158 valence electrons. The van der Waals surface area contributed by atoms with Crippen molar-refractivity contribution in [3.8, 4) is 0 Å². The van der Waals surface area contributed by atoms with Gasteiger partial charge >= 0.3 is 0 Å². The Morgan fingerprint density at radius 1 is 1.11 bits per heavy atom. The summed E-state index contributed by atoms with van der Waals surface area (Å²) >= 11 is 0. The van der Waals surface area contributed by atoms with E-state index in [9.17, 15) is 18.0 Å². The van der Waals surface area contributed by atoms with Crippen LogP contribution in [-0.4, -0.2) is 68.2 Å². The maximum Gasteiger partial charge on any atom is 0.242 e. The molecule has 0 saturated carbocycles. The monoisotopic (exact) mass is 432 g/mol. The second-order valence-electron chi connectivity index (χ2n) is 7.01. The van der Waals surface area contributed by atoms with E-state index in [-0.39, 0.29) is 55.5 Å². The summed E-state index contributed by atoms with van der Waals surface area (Å²) in [6, 6.07) is 8.36. The zero-order valence-electron chi connectivity index (χ0n) is 16.2. The summed E-state index contributed by atoms with van der Waals surface area (Å²) in [6.07, 6.45) is 0. The van der Waals surface area contributed by atoms with E-state index in [0.717, 1.165) is 5.56 Å². The predicted molar refractivity (Wildman–Crippen MR) is 110 cm³/mol. The first-order chi connectivity index (χ1) is 12.7. The van der Waals surface area contributed by atoms with Crippen LogP contribution in [0.5, 0.6) is 0 Å². The Morgan fingerprint density at radius 2 is 1.68 bits per heavy atom. The van der Waals surface area contributed by atoms with E-state index >= 15 is 0 Å². The zero-order valence-corrected chi connectivity index (χ0v) is 17.8. The van der Waals surface area contributed by atoms with Crippen LogP contribution in [0.1, 0.15) is 19.4 Å². The summed E-state index contributed by atoms with van der Waals surface area (Å²) in [4.78, 5) is 25.6. The van der Waals surface area contributed by atoms with Crippen LogP contribution in [0, 0.1) is 5.92 Å². The average molecular weight is 433 g/mol. The Balaban J connectivity index is 0.00000392. The number of hydrogen-bond donors (Lipinski definition) is 2. The normalized spacial score (nSPS) is 16.4. The summed E-state index contributed by atoms with van der Waals surface area (Å²) in [6.45, 7) is 4.65. The van der Waals surface area contributed by atoms with Gasteiger partial charge in [0.05, 0.1) is 18.3 Å². The molecule has 10 heteroatoms. The molecular formula is C18H29ClN4O4S. The molecule has 0 spiro atoms. The Hall–Kier alpha value is -1.68. The molecule has 1 fully saturated rings. The van der Waals surface area contributed by atoms with E-state index in [1.54, 1.807) is 29.2 Å². The van der Waals surface area contributed by atoms with Crippen molar-refractivity contribution < 1.29 is 18.0 Å². The van der Waals surface area contributed by atoms with Crippen molar-refractivity contribution in [3.63, 3.8) is 0 Å². The number of hydrogen-bond acceptors (Lipinski definition) is 5. The first kappa shape index (κ1) is 24.4. The Labute approximate surface area is 172 Å². The number of nitrogens with zero attached hydrogens (tertiary/aromatic N) is 2. The highest BCUT2D eigenvalue weighted by Crippen LogP contribution is 2.13. The average Bonchev–Trinajstić information content (AvgIpc) is 2.65. The summed E-state index contributed by atoms with van der Waals surface area (Å²) in [5.41, 5.74) is 6.48. The maximum absolute atomic E-state index is 12.5. The van der Waals surface area contributed by atoms with Gasteiger partial charge in [0, 0.05) is 26.2 Å². The van der Waals surface area contributed by atoms with E-state index in [1.807, 2.05) is 19.9 Å². The van der Waals surface area contributed by atoms with Gasteiger partial charge in [-0.25, -0.2) is 8.42 Å². The fourth-order valence-electron chi connectivity index (χ4n) is 2.79. The number of nitrogens with one attached hydrogen (secondary N) is 1. The zero-order chi connectivity index (χ0) is 20.0. The van der Waals surface area contributed by atoms with Crippen molar-refractivity contribution in [2.24, 2.45) is 11.7 Å². The molecule has 0 radical (unpaired) electrons. The van der Waals surface area contributed by atoms with E-state index in [2.05, 4.69) is 5.32 Å². The summed E-state index contributed by atoms with van der Waals surface area (Å²) in [7, 11) is -3.42. The maximum atomic E-state index is 12.5. The summed E-state index contributed by atoms with van der Waals surface area (Å²) < 4.78 is 26.5. The van der Waals surface area contributed by atoms with Gasteiger partial charge in [0.25, 0.3) is 0 Å². The third-order valence-electron chi connectivity index (χ3n) is 4.61. The Morgan fingerprint density at radius 3 is 2.21 bits per heavy atom. The smallest absolute Gasteiger partial charge is 0.242 e. The number of halogens is 1. The van der Waals surface area contributed by atoms with Crippen LogP contribution in [0.15, 0.2) is 30.3 Å². The molecule has 2 amide bonds. The van der Waals surface area contributed by atoms with Crippen molar-refractivity contribution >= 4 is 34.2 Å². The molecule has 0 aromatic heterocycles. The minimum Gasteiger partial charge on any atom is -0.346 e. The fraction of sp³-hybridized carbons (Fsp3) is 0.556. The standard InChI is InChI=1S/C18H28N4O4S.ClH/c1-14(2)17(19)18(24)20-12-16(23)21-8-10-22(11-9-21)27(25,26)13-15-6-4-3-5-7-15;/h3-7,14,17H,8-13,19H2,1-2H3,(H,20,24);1H/t17-;/m0./s1. The molecule has 3 N–H and O–H groups in total. The highest BCUT2D eigenvalue weighted by molar-refractivity contribution is 7.88. The van der Waals surface area contributed by atoms with Crippen LogP contribution in [0.25, 0.3) is 0 Å². The van der Waals surface area contributed by atoms with Crippen LogP contribution in [0.4, 0.5) is 0 Å². The van der Waals surface area contributed by atoms with Gasteiger partial charge in [-0.15, -0.1) is 12.4 Å². The van der Waals surface area contributed by atoms with Gasteiger partial charge in [0.2, 0.25) is 21.8 Å². The lowest BCUT2D eigenvalue weighted by Crippen LogP contribution is -2.53.